The van der Waals surface area contributed by atoms with Gasteiger partial charge in [0.05, 0.1) is 0 Å². The summed E-state index contributed by atoms with van der Waals surface area (Å²) in [5, 5.41) is 6.47. The van der Waals surface area contributed by atoms with E-state index in [4.69, 9.17) is 4.74 Å². The van der Waals surface area contributed by atoms with Gasteiger partial charge in [-0.2, -0.15) is 0 Å². The maximum atomic E-state index is 12.2. The Balaban J connectivity index is 0.00000392. The number of hydrogen-bond donors (Lipinski definition) is 2. The molecule has 0 aliphatic rings. The van der Waals surface area contributed by atoms with Crippen LogP contribution in [0.4, 0.5) is 0 Å². The molecule has 152 valence electrons. The van der Waals surface area contributed by atoms with Crippen LogP contribution in [0.15, 0.2) is 72.2 Å². The first-order valence-electron chi connectivity index (χ1n) is 8.88. The monoisotopic (exact) mass is 513 g/mol. The normalized spacial score (nSPS) is 11.8. The van der Waals surface area contributed by atoms with Gasteiger partial charge in [-0.1, -0.05) is 61.2 Å². The minimum Gasteiger partial charge on any atom is -0.489 e. The second kappa shape index (κ2) is 14.2. The van der Waals surface area contributed by atoms with Crippen LogP contribution in [0.5, 0.6) is 5.75 Å². The van der Waals surface area contributed by atoms with Crippen molar-refractivity contribution in [2.45, 2.75) is 12.3 Å². The third-order valence-electron chi connectivity index (χ3n) is 3.79. The van der Waals surface area contributed by atoms with Crippen LogP contribution in [-0.4, -0.2) is 36.1 Å². The number of ether oxygens (including phenoxy) is 1. The summed E-state index contributed by atoms with van der Waals surface area (Å²) in [6, 6.07) is 17.7. The van der Waals surface area contributed by atoms with Crippen molar-refractivity contribution in [3.63, 3.8) is 0 Å². The van der Waals surface area contributed by atoms with Gasteiger partial charge in [0.25, 0.3) is 0 Å². The number of aliphatic imine (C=N–C) groups is 1. The van der Waals surface area contributed by atoms with E-state index in [9.17, 15) is 4.21 Å². The molecule has 28 heavy (non-hydrogen) atoms. The number of para-hydroxylation sites is 1. The molecule has 0 aliphatic carbocycles. The molecule has 0 radical (unpaired) electrons. The van der Waals surface area contributed by atoms with E-state index in [2.05, 4.69) is 22.2 Å². The summed E-state index contributed by atoms with van der Waals surface area (Å²) in [5.74, 6) is 2.63. The fraction of sp³-hybridized carbons (Fsp3) is 0.286. The van der Waals surface area contributed by atoms with Gasteiger partial charge in [-0.05, 0) is 11.6 Å². The van der Waals surface area contributed by atoms with Crippen molar-refractivity contribution in [2.24, 2.45) is 4.99 Å². The third kappa shape index (κ3) is 8.88. The van der Waals surface area contributed by atoms with Crippen LogP contribution >= 0.6 is 24.0 Å². The fourth-order valence-corrected chi connectivity index (χ4v) is 3.49. The first-order valence-corrected chi connectivity index (χ1v) is 10.4. The highest BCUT2D eigenvalue weighted by Gasteiger charge is 2.05. The summed E-state index contributed by atoms with van der Waals surface area (Å²) < 4.78 is 17.9. The molecule has 5 nitrogen and oxygen atoms in total. The van der Waals surface area contributed by atoms with Gasteiger partial charge < -0.3 is 15.4 Å². The number of nitrogens with zero attached hydrogens (tertiary/aromatic N) is 1. The first-order chi connectivity index (χ1) is 13.2. The second-order valence-corrected chi connectivity index (χ2v) is 7.41. The number of halogens is 1. The van der Waals surface area contributed by atoms with Crippen molar-refractivity contribution in [1.29, 1.82) is 0 Å². The molecule has 0 spiro atoms. The van der Waals surface area contributed by atoms with Crippen molar-refractivity contribution in [1.82, 2.24) is 10.6 Å². The average molecular weight is 513 g/mol. The predicted octanol–water partition coefficient (Wildman–Crippen LogP) is 3.48. The van der Waals surface area contributed by atoms with Gasteiger partial charge in [-0.15, -0.1) is 24.0 Å². The van der Waals surface area contributed by atoms with Crippen molar-refractivity contribution >= 4 is 40.7 Å². The van der Waals surface area contributed by atoms with Crippen molar-refractivity contribution in [3.05, 3.63) is 78.4 Å². The first kappa shape index (κ1) is 24.2. The van der Waals surface area contributed by atoms with Crippen LogP contribution in [0, 0.1) is 0 Å². The van der Waals surface area contributed by atoms with E-state index in [0.29, 0.717) is 37.2 Å². The second-order valence-electron chi connectivity index (χ2n) is 5.83. The van der Waals surface area contributed by atoms with E-state index in [1.54, 1.807) is 13.1 Å². The zero-order valence-corrected chi connectivity index (χ0v) is 19.2. The molecule has 2 aromatic carbocycles. The summed E-state index contributed by atoms with van der Waals surface area (Å²) in [7, 11) is 0.807. The van der Waals surface area contributed by atoms with E-state index >= 15 is 0 Å². The molecule has 2 N–H and O–H groups in total. The molecule has 0 bridgehead atoms. The van der Waals surface area contributed by atoms with Crippen LogP contribution in [0.3, 0.4) is 0 Å². The Labute approximate surface area is 187 Å². The highest BCUT2D eigenvalue weighted by Crippen LogP contribution is 2.17. The Morgan fingerprint density at radius 1 is 1.14 bits per heavy atom. The number of nitrogens with one attached hydrogen (secondary N) is 2. The van der Waals surface area contributed by atoms with Gasteiger partial charge in [0, 0.05) is 48.0 Å². The van der Waals surface area contributed by atoms with Crippen LogP contribution in [0.1, 0.15) is 11.1 Å². The lowest BCUT2D eigenvalue weighted by atomic mass is 10.2. The number of hydrogen-bond acceptors (Lipinski definition) is 3. The molecular weight excluding hydrogens is 485 g/mol. The fourth-order valence-electron chi connectivity index (χ4n) is 2.45. The summed E-state index contributed by atoms with van der Waals surface area (Å²) in [5.41, 5.74) is 2.13. The predicted molar refractivity (Wildman–Crippen MR) is 129 cm³/mol. The summed E-state index contributed by atoms with van der Waals surface area (Å²) >= 11 is 0. The largest absolute Gasteiger partial charge is 0.489 e. The molecule has 2 aromatic rings. The van der Waals surface area contributed by atoms with Gasteiger partial charge >= 0.3 is 0 Å². The van der Waals surface area contributed by atoms with E-state index in [-0.39, 0.29) is 24.0 Å². The summed E-state index contributed by atoms with van der Waals surface area (Å²) in [6.07, 6.45) is 1.72. The maximum Gasteiger partial charge on any atom is 0.191 e. The van der Waals surface area contributed by atoms with E-state index in [1.807, 2.05) is 54.6 Å². The molecule has 0 aromatic heterocycles. The van der Waals surface area contributed by atoms with Gasteiger partial charge in [0.1, 0.15) is 12.4 Å². The molecule has 0 amide bonds. The highest BCUT2D eigenvalue weighted by atomic mass is 127. The lowest BCUT2D eigenvalue weighted by Crippen LogP contribution is -2.38. The van der Waals surface area contributed by atoms with Crippen molar-refractivity contribution in [2.75, 3.05) is 26.0 Å². The minimum atomic E-state index is -0.911. The lowest BCUT2D eigenvalue weighted by molar-refractivity contribution is 0.358. The van der Waals surface area contributed by atoms with Crippen LogP contribution in [0.25, 0.3) is 0 Å². The number of guanidine groups is 1. The molecule has 1 atom stereocenters. The molecule has 2 rings (SSSR count). The van der Waals surface area contributed by atoms with Gasteiger partial charge in [0.2, 0.25) is 0 Å². The molecule has 0 saturated carbocycles. The number of rotatable bonds is 10. The topological polar surface area (TPSA) is 62.7 Å². The van der Waals surface area contributed by atoms with E-state index in [0.717, 1.165) is 16.9 Å². The molecule has 0 aliphatic heterocycles. The highest BCUT2D eigenvalue weighted by molar-refractivity contribution is 14.0. The Hall–Kier alpha value is -1.87. The molecule has 7 heteroatoms. The quantitative estimate of drug-likeness (QED) is 0.221. The molecular formula is C21H28IN3O2S. The van der Waals surface area contributed by atoms with Gasteiger partial charge in [-0.3, -0.25) is 9.20 Å². The Bertz CT molecular complexity index is 769. The van der Waals surface area contributed by atoms with Crippen molar-refractivity contribution in [3.8, 4) is 5.75 Å². The van der Waals surface area contributed by atoms with Crippen LogP contribution in [-0.2, 0) is 23.1 Å². The Kier molecular flexibility index (Phi) is 12.2. The summed E-state index contributed by atoms with van der Waals surface area (Å²) in [4.78, 5) is 4.21. The zero-order valence-electron chi connectivity index (χ0n) is 16.1. The standard InChI is InChI=1S/C21H27N3O2S.HI/c1-3-14-26-20-12-8-7-11-19(20)16-24-21(22-2)23-13-15-27(25)17-18-9-5-4-6-10-18;/h3-12H,1,13-17H2,2H3,(H2,22,23,24);1H. The third-order valence-corrected chi connectivity index (χ3v) is 5.11. The van der Waals surface area contributed by atoms with Gasteiger partial charge in [-0.25, -0.2) is 0 Å². The Morgan fingerprint density at radius 2 is 1.86 bits per heavy atom. The zero-order chi connectivity index (χ0) is 19.3. The molecule has 0 saturated heterocycles. The SMILES string of the molecule is C=CCOc1ccccc1CNC(=NC)NCCS(=O)Cc1ccccc1.I. The summed E-state index contributed by atoms with van der Waals surface area (Å²) in [6.45, 7) is 5.32. The van der Waals surface area contributed by atoms with Crippen LogP contribution in [0.2, 0.25) is 0 Å². The van der Waals surface area contributed by atoms with E-state index < -0.39 is 10.8 Å². The molecule has 0 fully saturated rings. The smallest absolute Gasteiger partial charge is 0.191 e. The number of benzene rings is 2. The average Bonchev–Trinajstić information content (AvgIpc) is 2.70. The van der Waals surface area contributed by atoms with Gasteiger partial charge in [0.15, 0.2) is 5.96 Å². The minimum absolute atomic E-state index is 0. The molecule has 1 unspecified atom stereocenters. The maximum absolute atomic E-state index is 12.2. The van der Waals surface area contributed by atoms with E-state index in [1.165, 1.54) is 0 Å². The Morgan fingerprint density at radius 3 is 2.57 bits per heavy atom. The lowest BCUT2D eigenvalue weighted by Gasteiger charge is -2.14. The molecule has 0 heterocycles. The van der Waals surface area contributed by atoms with Crippen molar-refractivity contribution < 1.29 is 8.95 Å². The van der Waals surface area contributed by atoms with Crippen LogP contribution < -0.4 is 15.4 Å².